The molecule has 1 N–H and O–H groups in total. The van der Waals surface area contributed by atoms with Crippen molar-refractivity contribution in [2.24, 2.45) is 0 Å². The first-order valence-corrected chi connectivity index (χ1v) is 5.88. The van der Waals surface area contributed by atoms with Crippen molar-refractivity contribution in [1.82, 2.24) is 5.32 Å². The van der Waals surface area contributed by atoms with Gasteiger partial charge in [-0.15, -0.1) is 11.3 Å². The smallest absolute Gasteiger partial charge is 0.0495 e. The Morgan fingerprint density at radius 3 is 3.07 bits per heavy atom. The molecular weight excluding hydrogens is 214 g/mol. The Labute approximate surface area is 92.7 Å². The molecule has 0 aliphatic carbocycles. The monoisotopic (exact) mass is 225 g/mol. The highest BCUT2D eigenvalue weighted by Crippen LogP contribution is 2.31. The van der Waals surface area contributed by atoms with Crippen molar-refractivity contribution in [3.05, 3.63) is 34.2 Å². The summed E-state index contributed by atoms with van der Waals surface area (Å²) in [7, 11) is 1.97. The summed E-state index contributed by atoms with van der Waals surface area (Å²) in [6, 6.07) is 6.08. The molecule has 1 heterocycles. The molecule has 0 bridgehead atoms. The Kier molecular flexibility index (Phi) is 3.06. The van der Waals surface area contributed by atoms with E-state index in [-0.39, 0.29) is 0 Å². The average Bonchev–Trinajstić information content (AvgIpc) is 2.59. The summed E-state index contributed by atoms with van der Waals surface area (Å²) < 4.78 is 1.28. The number of hydrogen-bond acceptors (Lipinski definition) is 2. The number of thiophene rings is 1. The number of halogens is 1. The molecule has 1 aromatic heterocycles. The lowest BCUT2D eigenvalue weighted by molar-refractivity contribution is 0.796. The second kappa shape index (κ2) is 4.30. The minimum Gasteiger partial charge on any atom is -0.319 e. The highest BCUT2D eigenvalue weighted by molar-refractivity contribution is 7.17. The van der Waals surface area contributed by atoms with Gasteiger partial charge in [-0.05, 0) is 43.1 Å². The third-order valence-corrected chi connectivity index (χ3v) is 3.58. The van der Waals surface area contributed by atoms with E-state index in [0.717, 1.165) is 18.0 Å². The fourth-order valence-corrected chi connectivity index (χ4v) is 2.92. The highest BCUT2D eigenvalue weighted by atomic mass is 35.5. The van der Waals surface area contributed by atoms with Crippen LogP contribution in [0.5, 0.6) is 0 Å². The lowest BCUT2D eigenvalue weighted by Gasteiger charge is -2.00. The SMILES string of the molecule is CNCCc1csc2cccc(Cl)c12. The van der Waals surface area contributed by atoms with Crippen molar-refractivity contribution in [3.63, 3.8) is 0 Å². The average molecular weight is 226 g/mol. The molecule has 74 valence electrons. The summed E-state index contributed by atoms with van der Waals surface area (Å²) in [6.07, 6.45) is 1.04. The Balaban J connectivity index is 2.45. The molecule has 0 unspecified atom stereocenters. The van der Waals surface area contributed by atoms with Gasteiger partial charge in [0.2, 0.25) is 0 Å². The van der Waals surface area contributed by atoms with Gasteiger partial charge < -0.3 is 5.32 Å². The van der Waals surface area contributed by atoms with Crippen molar-refractivity contribution in [3.8, 4) is 0 Å². The molecule has 0 aliphatic rings. The molecule has 0 fully saturated rings. The van der Waals surface area contributed by atoms with E-state index in [2.05, 4.69) is 16.8 Å². The number of likely N-dealkylation sites (N-methyl/N-ethyl adjacent to an activating group) is 1. The molecule has 0 amide bonds. The first kappa shape index (κ1) is 9.97. The van der Waals surface area contributed by atoms with E-state index in [9.17, 15) is 0 Å². The zero-order valence-corrected chi connectivity index (χ0v) is 9.58. The largest absolute Gasteiger partial charge is 0.319 e. The molecule has 0 atom stereocenters. The van der Waals surface area contributed by atoms with E-state index in [0.29, 0.717) is 0 Å². The fraction of sp³-hybridized carbons (Fsp3) is 0.273. The van der Waals surface area contributed by atoms with Crippen LogP contribution in [0.3, 0.4) is 0 Å². The minimum absolute atomic E-state index is 0.870. The summed E-state index contributed by atoms with van der Waals surface area (Å²) in [5, 5.41) is 7.46. The van der Waals surface area contributed by atoms with E-state index in [1.54, 1.807) is 11.3 Å². The standard InChI is InChI=1S/C11H12ClNS/c1-13-6-5-8-7-14-10-4-2-3-9(12)11(8)10/h2-4,7,13H,5-6H2,1H3. The molecule has 14 heavy (non-hydrogen) atoms. The van der Waals surface area contributed by atoms with Crippen LogP contribution in [0.15, 0.2) is 23.6 Å². The van der Waals surface area contributed by atoms with Crippen LogP contribution in [0.2, 0.25) is 5.02 Å². The first-order chi connectivity index (χ1) is 6.83. The number of benzene rings is 1. The van der Waals surface area contributed by atoms with Crippen LogP contribution in [0.25, 0.3) is 10.1 Å². The summed E-state index contributed by atoms with van der Waals surface area (Å²) in [6.45, 7) is 0.997. The predicted octanol–water partition coefficient (Wildman–Crippen LogP) is 3.32. The molecule has 3 heteroatoms. The van der Waals surface area contributed by atoms with Crippen molar-refractivity contribution in [2.75, 3.05) is 13.6 Å². The lowest BCUT2D eigenvalue weighted by atomic mass is 10.1. The van der Waals surface area contributed by atoms with Crippen molar-refractivity contribution in [1.29, 1.82) is 0 Å². The van der Waals surface area contributed by atoms with Crippen LogP contribution in [0.1, 0.15) is 5.56 Å². The third kappa shape index (κ3) is 1.78. The van der Waals surface area contributed by atoms with Crippen molar-refractivity contribution < 1.29 is 0 Å². The lowest BCUT2D eigenvalue weighted by Crippen LogP contribution is -2.09. The fourth-order valence-electron chi connectivity index (χ4n) is 1.55. The minimum atomic E-state index is 0.870. The number of fused-ring (bicyclic) bond motifs is 1. The quantitative estimate of drug-likeness (QED) is 0.845. The van der Waals surface area contributed by atoms with Crippen LogP contribution < -0.4 is 5.32 Å². The number of hydrogen-bond donors (Lipinski definition) is 1. The molecule has 0 saturated carbocycles. The van der Waals surface area contributed by atoms with Gasteiger partial charge in [0.15, 0.2) is 0 Å². The highest BCUT2D eigenvalue weighted by Gasteiger charge is 2.06. The molecule has 1 aromatic carbocycles. The van der Waals surface area contributed by atoms with Gasteiger partial charge in [0.25, 0.3) is 0 Å². The summed E-state index contributed by atoms with van der Waals surface area (Å²) >= 11 is 7.94. The van der Waals surface area contributed by atoms with Gasteiger partial charge in [-0.3, -0.25) is 0 Å². The van der Waals surface area contributed by atoms with Gasteiger partial charge >= 0.3 is 0 Å². The molecule has 0 aliphatic heterocycles. The van der Waals surface area contributed by atoms with Crippen molar-refractivity contribution >= 4 is 33.0 Å². The van der Waals surface area contributed by atoms with Crippen molar-refractivity contribution in [2.45, 2.75) is 6.42 Å². The van der Waals surface area contributed by atoms with E-state index in [1.807, 2.05) is 19.2 Å². The predicted molar refractivity (Wildman–Crippen MR) is 64.5 cm³/mol. The van der Waals surface area contributed by atoms with E-state index in [1.165, 1.54) is 15.6 Å². The maximum absolute atomic E-state index is 6.17. The normalized spacial score (nSPS) is 11.0. The van der Waals surface area contributed by atoms with Gasteiger partial charge in [0, 0.05) is 15.1 Å². The Morgan fingerprint density at radius 2 is 2.29 bits per heavy atom. The van der Waals surface area contributed by atoms with Crippen LogP contribution in [-0.4, -0.2) is 13.6 Å². The Morgan fingerprint density at radius 1 is 1.43 bits per heavy atom. The topological polar surface area (TPSA) is 12.0 Å². The molecule has 0 saturated heterocycles. The van der Waals surface area contributed by atoms with Crippen LogP contribution in [-0.2, 0) is 6.42 Å². The van der Waals surface area contributed by atoms with Gasteiger partial charge in [-0.25, -0.2) is 0 Å². The van der Waals surface area contributed by atoms with Gasteiger partial charge in [-0.1, -0.05) is 17.7 Å². The molecular formula is C11H12ClNS. The molecule has 2 aromatic rings. The van der Waals surface area contributed by atoms with Crippen LogP contribution in [0.4, 0.5) is 0 Å². The Hall–Kier alpha value is -0.570. The molecule has 2 rings (SSSR count). The second-order valence-corrected chi connectivity index (χ2v) is 4.55. The summed E-state index contributed by atoms with van der Waals surface area (Å²) in [4.78, 5) is 0. The summed E-state index contributed by atoms with van der Waals surface area (Å²) in [5.74, 6) is 0. The maximum Gasteiger partial charge on any atom is 0.0495 e. The zero-order chi connectivity index (χ0) is 9.97. The first-order valence-electron chi connectivity index (χ1n) is 4.62. The molecule has 0 radical (unpaired) electrons. The van der Waals surface area contributed by atoms with Gasteiger partial charge in [0.1, 0.15) is 0 Å². The Bertz CT molecular complexity index is 436. The van der Waals surface area contributed by atoms with Gasteiger partial charge in [0.05, 0.1) is 0 Å². The molecule has 1 nitrogen and oxygen atoms in total. The number of nitrogens with one attached hydrogen (secondary N) is 1. The second-order valence-electron chi connectivity index (χ2n) is 3.23. The van der Waals surface area contributed by atoms with Crippen LogP contribution in [0, 0.1) is 0 Å². The van der Waals surface area contributed by atoms with E-state index < -0.39 is 0 Å². The maximum atomic E-state index is 6.17. The molecule has 0 spiro atoms. The third-order valence-electron chi connectivity index (χ3n) is 2.27. The van der Waals surface area contributed by atoms with Crippen LogP contribution >= 0.6 is 22.9 Å². The summed E-state index contributed by atoms with van der Waals surface area (Å²) in [5.41, 5.74) is 1.35. The van der Waals surface area contributed by atoms with E-state index in [4.69, 9.17) is 11.6 Å². The van der Waals surface area contributed by atoms with E-state index >= 15 is 0 Å². The van der Waals surface area contributed by atoms with Gasteiger partial charge in [-0.2, -0.15) is 0 Å². The number of rotatable bonds is 3. The zero-order valence-electron chi connectivity index (χ0n) is 8.01.